The Balaban J connectivity index is 1.68. The highest BCUT2D eigenvalue weighted by atomic mass is 16.6. The number of esters is 1. The molecule has 2 fully saturated rings. The fraction of sp³-hybridized carbons (Fsp3) is 0.720. The number of cyclic esters (lactones) is 1. The van der Waals surface area contributed by atoms with E-state index in [1.807, 2.05) is 29.2 Å². The van der Waals surface area contributed by atoms with Gasteiger partial charge < -0.3 is 24.4 Å². The van der Waals surface area contributed by atoms with Gasteiger partial charge in [-0.3, -0.25) is 14.4 Å². The summed E-state index contributed by atoms with van der Waals surface area (Å²) in [4.78, 5) is 44.1. The van der Waals surface area contributed by atoms with E-state index in [9.17, 15) is 14.4 Å². The Morgan fingerprint density at radius 3 is 2.67 bits per heavy atom. The van der Waals surface area contributed by atoms with Crippen LogP contribution in [0.15, 0.2) is 24.3 Å². The molecular formula is C25H36N2O6. The van der Waals surface area contributed by atoms with Gasteiger partial charge in [-0.25, -0.2) is 0 Å². The molecule has 8 heteroatoms. The summed E-state index contributed by atoms with van der Waals surface area (Å²) in [6, 6.07) is -0.780. The molecule has 0 aromatic rings. The number of rotatable bonds is 9. The van der Waals surface area contributed by atoms with Crippen molar-refractivity contribution in [1.29, 1.82) is 0 Å². The van der Waals surface area contributed by atoms with Crippen LogP contribution in [0.5, 0.6) is 0 Å². The third kappa shape index (κ3) is 4.35. The molecule has 1 unspecified atom stereocenters. The Morgan fingerprint density at radius 1 is 1.06 bits per heavy atom. The van der Waals surface area contributed by atoms with Crippen molar-refractivity contribution in [3.63, 3.8) is 0 Å². The maximum Gasteiger partial charge on any atom is 0.312 e. The number of hydrogen-bond donors (Lipinski definition) is 1. The zero-order valence-corrected chi connectivity index (χ0v) is 19.5. The van der Waals surface area contributed by atoms with Gasteiger partial charge in [-0.15, -0.1) is 0 Å². The standard InChI is InChI=1S/C25H36N2O6/c1-2-3-13-26-14-10-12-25-20(19-18(33-25)11-6-9-17-32-24(19)31)22(29)27(21(25)23(26)30)15-7-4-5-8-16-28/h6,10-12,18-21,28H,2-5,7-9,13-17H2,1H3/t18-,19+,20+,21?,25+/m1/s1. The highest BCUT2D eigenvalue weighted by Gasteiger charge is 2.71. The molecule has 0 aromatic heterocycles. The molecule has 0 bridgehead atoms. The van der Waals surface area contributed by atoms with Gasteiger partial charge in [-0.1, -0.05) is 50.5 Å². The molecule has 1 N–H and O–H groups in total. The summed E-state index contributed by atoms with van der Waals surface area (Å²) < 4.78 is 12.0. The molecule has 0 aromatic carbocycles. The third-order valence-electron chi connectivity index (χ3n) is 7.29. The molecule has 0 aliphatic carbocycles. The Kier molecular flexibility index (Phi) is 7.54. The molecule has 8 nitrogen and oxygen atoms in total. The first kappa shape index (κ1) is 24.0. The minimum atomic E-state index is -1.16. The molecule has 1 spiro atoms. The highest BCUT2D eigenvalue weighted by molar-refractivity contribution is 5.99. The Bertz CT molecular complexity index is 811. The average Bonchev–Trinajstić information content (AvgIpc) is 3.17. The normalized spacial score (nSPS) is 33.3. The lowest BCUT2D eigenvalue weighted by Crippen LogP contribution is -2.55. The summed E-state index contributed by atoms with van der Waals surface area (Å²) in [5.41, 5.74) is -1.16. The molecule has 0 radical (unpaired) electrons. The van der Waals surface area contributed by atoms with Crippen LogP contribution in [0, 0.1) is 11.8 Å². The smallest absolute Gasteiger partial charge is 0.312 e. The molecule has 33 heavy (non-hydrogen) atoms. The lowest BCUT2D eigenvalue weighted by molar-refractivity contribution is -0.155. The topological polar surface area (TPSA) is 96.4 Å². The number of likely N-dealkylation sites (tertiary alicyclic amines) is 1. The summed E-state index contributed by atoms with van der Waals surface area (Å²) in [5, 5.41) is 9.04. The first-order valence-electron chi connectivity index (χ1n) is 12.4. The van der Waals surface area contributed by atoms with E-state index in [-0.39, 0.29) is 25.0 Å². The Labute approximate surface area is 195 Å². The summed E-state index contributed by atoms with van der Waals surface area (Å²) in [6.45, 7) is 4.05. The number of carbonyl (C=O) groups is 3. The number of aliphatic hydroxyl groups excluding tert-OH is 1. The van der Waals surface area contributed by atoms with Crippen LogP contribution in [-0.2, 0) is 23.9 Å². The first-order chi connectivity index (χ1) is 16.0. The molecule has 4 heterocycles. The second-order valence-corrected chi connectivity index (χ2v) is 9.44. The van der Waals surface area contributed by atoms with Gasteiger partial charge in [0.05, 0.1) is 18.6 Å². The first-order valence-corrected chi connectivity index (χ1v) is 12.4. The number of nitrogens with zero attached hydrogens (tertiary/aromatic N) is 2. The number of aliphatic hydroxyl groups is 1. The number of hydrogen-bond acceptors (Lipinski definition) is 6. The maximum atomic E-state index is 13.8. The quantitative estimate of drug-likeness (QED) is 0.320. The SMILES string of the molecule is CCCCN1CC=C[C@]23O[C@@H]4C=CCCOC(=O)[C@@H]4[C@H]2C(=O)N(CCCCCCO)C3C1=O. The maximum absolute atomic E-state index is 13.8. The minimum absolute atomic E-state index is 0.105. The van der Waals surface area contributed by atoms with E-state index in [2.05, 4.69) is 6.92 Å². The zero-order chi connectivity index (χ0) is 23.4. The Morgan fingerprint density at radius 2 is 1.88 bits per heavy atom. The van der Waals surface area contributed by atoms with E-state index in [0.717, 1.165) is 38.5 Å². The summed E-state index contributed by atoms with van der Waals surface area (Å²) in [6.07, 6.45) is 12.6. The molecular weight excluding hydrogens is 424 g/mol. The van der Waals surface area contributed by atoms with Crippen molar-refractivity contribution in [2.24, 2.45) is 11.8 Å². The van der Waals surface area contributed by atoms with E-state index < -0.39 is 35.6 Å². The number of ether oxygens (including phenoxy) is 2. The van der Waals surface area contributed by atoms with Crippen LogP contribution in [-0.4, -0.2) is 83.3 Å². The van der Waals surface area contributed by atoms with E-state index in [1.54, 1.807) is 4.90 Å². The second kappa shape index (κ2) is 10.4. The van der Waals surface area contributed by atoms with E-state index in [1.165, 1.54) is 0 Å². The predicted octanol–water partition coefficient (Wildman–Crippen LogP) is 1.82. The summed E-state index contributed by atoms with van der Waals surface area (Å²) in [7, 11) is 0. The predicted molar refractivity (Wildman–Crippen MR) is 121 cm³/mol. The Hall–Kier alpha value is -2.19. The van der Waals surface area contributed by atoms with Crippen molar-refractivity contribution < 1.29 is 29.0 Å². The van der Waals surface area contributed by atoms with Gasteiger partial charge in [0.2, 0.25) is 11.8 Å². The van der Waals surface area contributed by atoms with Crippen LogP contribution in [0.25, 0.3) is 0 Å². The molecule has 4 rings (SSSR count). The van der Waals surface area contributed by atoms with Crippen LogP contribution in [0.1, 0.15) is 51.9 Å². The largest absolute Gasteiger partial charge is 0.465 e. The lowest BCUT2D eigenvalue weighted by atomic mass is 9.77. The summed E-state index contributed by atoms with van der Waals surface area (Å²) in [5.74, 6) is -2.25. The molecule has 2 saturated heterocycles. The fourth-order valence-electron chi connectivity index (χ4n) is 5.69. The van der Waals surface area contributed by atoms with Gasteiger partial charge in [0.1, 0.15) is 17.6 Å². The van der Waals surface area contributed by atoms with Gasteiger partial charge in [0.25, 0.3) is 0 Å². The van der Waals surface area contributed by atoms with Crippen molar-refractivity contribution in [3.8, 4) is 0 Å². The van der Waals surface area contributed by atoms with Crippen molar-refractivity contribution in [2.45, 2.75) is 69.6 Å². The van der Waals surface area contributed by atoms with Gasteiger partial charge in [0.15, 0.2) is 0 Å². The minimum Gasteiger partial charge on any atom is -0.465 e. The molecule has 0 saturated carbocycles. The lowest BCUT2D eigenvalue weighted by Gasteiger charge is -2.35. The molecule has 4 aliphatic rings. The monoisotopic (exact) mass is 460 g/mol. The third-order valence-corrected chi connectivity index (χ3v) is 7.29. The molecule has 182 valence electrons. The average molecular weight is 461 g/mol. The van der Waals surface area contributed by atoms with E-state index in [0.29, 0.717) is 26.1 Å². The van der Waals surface area contributed by atoms with Crippen LogP contribution < -0.4 is 0 Å². The van der Waals surface area contributed by atoms with Crippen molar-refractivity contribution in [2.75, 3.05) is 32.8 Å². The number of unbranched alkanes of at least 4 members (excludes halogenated alkanes) is 4. The molecule has 5 atom stereocenters. The van der Waals surface area contributed by atoms with Crippen molar-refractivity contribution in [3.05, 3.63) is 24.3 Å². The zero-order valence-electron chi connectivity index (χ0n) is 19.5. The van der Waals surface area contributed by atoms with Crippen LogP contribution in [0.4, 0.5) is 0 Å². The van der Waals surface area contributed by atoms with Gasteiger partial charge in [0, 0.05) is 26.2 Å². The summed E-state index contributed by atoms with van der Waals surface area (Å²) >= 11 is 0. The second-order valence-electron chi connectivity index (χ2n) is 9.44. The van der Waals surface area contributed by atoms with E-state index in [4.69, 9.17) is 14.6 Å². The van der Waals surface area contributed by atoms with Crippen LogP contribution in [0.2, 0.25) is 0 Å². The number of fused-ring (bicyclic) bond motifs is 2. The van der Waals surface area contributed by atoms with Crippen LogP contribution >= 0.6 is 0 Å². The highest BCUT2D eigenvalue weighted by Crippen LogP contribution is 2.53. The number of amides is 2. The molecule has 4 aliphatic heterocycles. The van der Waals surface area contributed by atoms with Crippen LogP contribution in [0.3, 0.4) is 0 Å². The van der Waals surface area contributed by atoms with Gasteiger partial charge >= 0.3 is 5.97 Å². The van der Waals surface area contributed by atoms with Gasteiger partial charge in [-0.05, 0) is 25.7 Å². The molecule has 2 amide bonds. The van der Waals surface area contributed by atoms with Crippen molar-refractivity contribution >= 4 is 17.8 Å². The van der Waals surface area contributed by atoms with Crippen molar-refractivity contribution in [1.82, 2.24) is 9.80 Å². The van der Waals surface area contributed by atoms with E-state index >= 15 is 0 Å². The number of carbonyl (C=O) groups excluding carboxylic acids is 3. The fourth-order valence-corrected chi connectivity index (χ4v) is 5.69. The van der Waals surface area contributed by atoms with Gasteiger partial charge in [-0.2, -0.15) is 0 Å².